The molecule has 2 unspecified atom stereocenters. The van der Waals surface area contributed by atoms with Gasteiger partial charge in [-0.05, 0) is 36.5 Å². The Morgan fingerprint density at radius 2 is 2.24 bits per heavy atom. The highest BCUT2D eigenvalue weighted by atomic mass is 35.5. The van der Waals surface area contributed by atoms with Crippen LogP contribution in [-0.2, 0) is 0 Å². The molecule has 3 nitrogen and oxygen atoms in total. The summed E-state index contributed by atoms with van der Waals surface area (Å²) in [6.07, 6.45) is 1.22. The van der Waals surface area contributed by atoms with Crippen molar-refractivity contribution in [2.45, 2.75) is 13.3 Å². The molecule has 1 aliphatic carbocycles. The van der Waals surface area contributed by atoms with Crippen LogP contribution in [0.25, 0.3) is 0 Å². The molecule has 0 saturated heterocycles. The van der Waals surface area contributed by atoms with Crippen molar-refractivity contribution in [3.63, 3.8) is 0 Å². The SMILES string of the molecule is CC1CC1CN(C)C(=O)c1ccc(Cl)cc1N. The predicted octanol–water partition coefficient (Wildman–Crippen LogP) is 2.65. The lowest BCUT2D eigenvalue weighted by molar-refractivity contribution is 0.0788. The highest BCUT2D eigenvalue weighted by molar-refractivity contribution is 6.31. The molecule has 0 spiro atoms. The van der Waals surface area contributed by atoms with Crippen LogP contribution in [0.3, 0.4) is 0 Å². The van der Waals surface area contributed by atoms with Crippen LogP contribution in [0.15, 0.2) is 18.2 Å². The molecule has 1 fully saturated rings. The van der Waals surface area contributed by atoms with Crippen LogP contribution in [0.2, 0.25) is 5.02 Å². The van der Waals surface area contributed by atoms with Gasteiger partial charge in [-0.3, -0.25) is 4.79 Å². The molecule has 1 saturated carbocycles. The van der Waals surface area contributed by atoms with Crippen LogP contribution < -0.4 is 5.73 Å². The largest absolute Gasteiger partial charge is 0.398 e. The quantitative estimate of drug-likeness (QED) is 0.841. The third-order valence-electron chi connectivity index (χ3n) is 3.38. The Labute approximate surface area is 107 Å². The van der Waals surface area contributed by atoms with E-state index in [9.17, 15) is 4.79 Å². The molecule has 2 atom stereocenters. The molecule has 1 aliphatic rings. The molecule has 1 amide bonds. The van der Waals surface area contributed by atoms with Gasteiger partial charge in [0.05, 0.1) is 5.56 Å². The number of nitrogen functional groups attached to an aromatic ring is 1. The van der Waals surface area contributed by atoms with Gasteiger partial charge in [-0.15, -0.1) is 0 Å². The first-order valence-electron chi connectivity index (χ1n) is 5.79. The van der Waals surface area contributed by atoms with Gasteiger partial charge in [0.2, 0.25) is 0 Å². The van der Waals surface area contributed by atoms with Crippen LogP contribution in [0, 0.1) is 11.8 Å². The number of nitrogens with two attached hydrogens (primary N) is 1. The highest BCUT2D eigenvalue weighted by Gasteiger charge is 2.34. The first kappa shape index (κ1) is 12.2. The van der Waals surface area contributed by atoms with Crippen molar-refractivity contribution in [1.29, 1.82) is 0 Å². The van der Waals surface area contributed by atoms with E-state index in [1.165, 1.54) is 6.42 Å². The fourth-order valence-corrected chi connectivity index (χ4v) is 2.20. The molecule has 1 aromatic carbocycles. The molecular weight excluding hydrogens is 236 g/mol. The highest BCUT2D eigenvalue weighted by Crippen LogP contribution is 2.38. The first-order chi connectivity index (χ1) is 7.99. The Balaban J connectivity index is 2.07. The van der Waals surface area contributed by atoms with Gasteiger partial charge in [-0.1, -0.05) is 18.5 Å². The fraction of sp³-hybridized carbons (Fsp3) is 0.462. The number of anilines is 1. The standard InChI is InChI=1S/C13H17ClN2O/c1-8-5-9(8)7-16(2)13(17)11-4-3-10(14)6-12(11)15/h3-4,6,8-9H,5,7,15H2,1-2H3. The summed E-state index contributed by atoms with van der Waals surface area (Å²) in [6, 6.07) is 4.99. The molecule has 4 heteroatoms. The molecule has 0 aliphatic heterocycles. The van der Waals surface area contributed by atoms with E-state index in [2.05, 4.69) is 6.92 Å². The lowest BCUT2D eigenvalue weighted by Gasteiger charge is -2.18. The molecule has 2 N–H and O–H groups in total. The maximum Gasteiger partial charge on any atom is 0.255 e. The average Bonchev–Trinajstić information content (AvgIpc) is 2.93. The molecule has 2 rings (SSSR count). The summed E-state index contributed by atoms with van der Waals surface area (Å²) in [5.74, 6) is 1.36. The van der Waals surface area contributed by atoms with Gasteiger partial charge in [0.1, 0.15) is 0 Å². The average molecular weight is 253 g/mol. The Bertz CT molecular complexity index is 447. The molecule has 92 valence electrons. The van der Waals surface area contributed by atoms with Gasteiger partial charge in [-0.25, -0.2) is 0 Å². The minimum Gasteiger partial charge on any atom is -0.398 e. The second-order valence-corrected chi connectivity index (χ2v) is 5.33. The lowest BCUT2D eigenvalue weighted by atomic mass is 10.1. The number of hydrogen-bond donors (Lipinski definition) is 1. The Kier molecular flexibility index (Phi) is 3.29. The predicted molar refractivity (Wildman–Crippen MR) is 70.1 cm³/mol. The molecular formula is C13H17ClN2O. The fourth-order valence-electron chi connectivity index (χ4n) is 2.02. The number of carbonyl (C=O) groups is 1. The number of hydrogen-bond acceptors (Lipinski definition) is 2. The van der Waals surface area contributed by atoms with E-state index in [4.69, 9.17) is 17.3 Å². The van der Waals surface area contributed by atoms with Gasteiger partial charge in [0.15, 0.2) is 0 Å². The van der Waals surface area contributed by atoms with Crippen molar-refractivity contribution in [1.82, 2.24) is 4.90 Å². The third kappa shape index (κ3) is 2.72. The third-order valence-corrected chi connectivity index (χ3v) is 3.61. The summed E-state index contributed by atoms with van der Waals surface area (Å²) in [5, 5.41) is 0.553. The van der Waals surface area contributed by atoms with E-state index in [0.29, 0.717) is 22.2 Å². The summed E-state index contributed by atoms with van der Waals surface area (Å²) in [5.41, 5.74) is 6.78. The van der Waals surface area contributed by atoms with Crippen molar-refractivity contribution >= 4 is 23.2 Å². The molecule has 17 heavy (non-hydrogen) atoms. The van der Waals surface area contributed by atoms with Crippen molar-refractivity contribution in [2.75, 3.05) is 19.3 Å². The monoisotopic (exact) mass is 252 g/mol. The molecule has 1 aromatic rings. The topological polar surface area (TPSA) is 46.3 Å². The Morgan fingerprint density at radius 1 is 1.59 bits per heavy atom. The smallest absolute Gasteiger partial charge is 0.255 e. The molecule has 0 aromatic heterocycles. The number of benzene rings is 1. The van der Waals surface area contributed by atoms with Crippen molar-refractivity contribution in [3.8, 4) is 0 Å². The van der Waals surface area contributed by atoms with Gasteiger partial charge in [0.25, 0.3) is 5.91 Å². The van der Waals surface area contributed by atoms with E-state index in [1.54, 1.807) is 23.1 Å². The number of nitrogens with zero attached hydrogens (tertiary/aromatic N) is 1. The van der Waals surface area contributed by atoms with Crippen LogP contribution in [0.1, 0.15) is 23.7 Å². The van der Waals surface area contributed by atoms with Gasteiger partial charge in [-0.2, -0.15) is 0 Å². The second kappa shape index (κ2) is 4.57. The van der Waals surface area contributed by atoms with Crippen LogP contribution in [0.4, 0.5) is 5.69 Å². The van der Waals surface area contributed by atoms with E-state index >= 15 is 0 Å². The molecule has 0 bridgehead atoms. The van der Waals surface area contributed by atoms with Gasteiger partial charge < -0.3 is 10.6 Å². The number of amides is 1. The number of halogens is 1. The van der Waals surface area contributed by atoms with E-state index in [1.807, 2.05) is 7.05 Å². The maximum atomic E-state index is 12.1. The normalized spacial score (nSPS) is 22.3. The van der Waals surface area contributed by atoms with Crippen molar-refractivity contribution < 1.29 is 4.79 Å². The van der Waals surface area contributed by atoms with Gasteiger partial charge in [0, 0.05) is 24.3 Å². The maximum absolute atomic E-state index is 12.1. The van der Waals surface area contributed by atoms with E-state index in [-0.39, 0.29) is 5.91 Å². The Morgan fingerprint density at radius 3 is 2.76 bits per heavy atom. The lowest BCUT2D eigenvalue weighted by Crippen LogP contribution is -2.29. The first-order valence-corrected chi connectivity index (χ1v) is 6.17. The second-order valence-electron chi connectivity index (χ2n) is 4.89. The number of rotatable bonds is 3. The van der Waals surface area contributed by atoms with E-state index in [0.717, 1.165) is 12.5 Å². The molecule has 0 heterocycles. The van der Waals surface area contributed by atoms with Crippen LogP contribution in [0.5, 0.6) is 0 Å². The summed E-state index contributed by atoms with van der Waals surface area (Å²) >= 11 is 5.81. The summed E-state index contributed by atoms with van der Waals surface area (Å²) in [6.45, 7) is 3.02. The van der Waals surface area contributed by atoms with Crippen molar-refractivity contribution in [3.05, 3.63) is 28.8 Å². The summed E-state index contributed by atoms with van der Waals surface area (Å²) in [4.78, 5) is 13.9. The van der Waals surface area contributed by atoms with Crippen LogP contribution in [-0.4, -0.2) is 24.4 Å². The van der Waals surface area contributed by atoms with Crippen molar-refractivity contribution in [2.24, 2.45) is 11.8 Å². The zero-order chi connectivity index (χ0) is 12.6. The van der Waals surface area contributed by atoms with Gasteiger partial charge >= 0.3 is 0 Å². The van der Waals surface area contributed by atoms with Crippen LogP contribution >= 0.6 is 11.6 Å². The minimum absolute atomic E-state index is 0.0294. The summed E-state index contributed by atoms with van der Waals surface area (Å²) in [7, 11) is 1.82. The minimum atomic E-state index is -0.0294. The Hall–Kier alpha value is -1.22. The molecule has 0 radical (unpaired) electrons. The zero-order valence-electron chi connectivity index (χ0n) is 10.1. The summed E-state index contributed by atoms with van der Waals surface area (Å²) < 4.78 is 0. The zero-order valence-corrected chi connectivity index (χ0v) is 10.9. The number of carbonyl (C=O) groups excluding carboxylic acids is 1. The van der Waals surface area contributed by atoms with E-state index < -0.39 is 0 Å².